The highest BCUT2D eigenvalue weighted by Crippen LogP contribution is 2.42. The van der Waals surface area contributed by atoms with Crippen molar-refractivity contribution in [3.63, 3.8) is 0 Å². The Morgan fingerprint density at radius 1 is 0.926 bits per heavy atom. The fourth-order valence-corrected chi connectivity index (χ4v) is 9.59. The molecule has 0 fully saturated rings. The zero-order valence-corrected chi connectivity index (χ0v) is 34.5. The Balaban J connectivity index is 0.000000730. The van der Waals surface area contributed by atoms with Gasteiger partial charge in [-0.3, -0.25) is 9.11 Å². The summed E-state index contributed by atoms with van der Waals surface area (Å²) in [6, 6.07) is 19.8. The standard InChI is InChI=1S/C33H32N2O8S4.C6H15N/c1-22(19-31-35(14-7-17-47(39,40)41)32-29(45-31)21-28(42-2)25-12-15-44-33(25)32)18-30-34(13-6-16-46(36,37)38)26-20-24(10-11-27(26)43-30)23-8-4-3-5-9-23;1-4-7(5-2)6-3/h3-5,8-12,15,18-21H,6-7,13-14,16-17H2,1-2H3,(H-,36,37,38,39,40,41);4-6H2,1-3H3/p+1. The van der Waals surface area contributed by atoms with Gasteiger partial charge in [-0.25, -0.2) is 0 Å². The van der Waals surface area contributed by atoms with Crippen molar-refractivity contribution in [3.8, 4) is 22.6 Å². The van der Waals surface area contributed by atoms with Gasteiger partial charge >= 0.3 is 0 Å². The lowest BCUT2D eigenvalue weighted by molar-refractivity contribution is -0.667. The van der Waals surface area contributed by atoms with E-state index in [0.717, 1.165) is 53.4 Å². The van der Waals surface area contributed by atoms with E-state index in [0.29, 0.717) is 24.7 Å². The van der Waals surface area contributed by atoms with Gasteiger partial charge in [0.1, 0.15) is 15.1 Å². The first-order valence-corrected chi connectivity index (χ1v) is 22.7. The molecule has 15 heteroatoms. The third kappa shape index (κ3) is 10.5. The van der Waals surface area contributed by atoms with Gasteiger partial charge < -0.3 is 19.3 Å². The van der Waals surface area contributed by atoms with Crippen LogP contribution < -0.4 is 18.9 Å². The van der Waals surface area contributed by atoms with Crippen LogP contribution in [0.1, 0.15) is 45.5 Å². The molecule has 0 radical (unpaired) electrons. The number of nitrogens with zero attached hydrogens (tertiary/aromatic N) is 3. The molecule has 0 spiro atoms. The third-order valence-electron chi connectivity index (χ3n) is 9.06. The quantitative estimate of drug-likeness (QED) is 0.0788. The zero-order valence-electron chi connectivity index (χ0n) is 31.2. The maximum absolute atomic E-state index is 11.5. The largest absolute Gasteiger partial charge is 0.496 e. The lowest BCUT2D eigenvalue weighted by atomic mass is 10.0. The van der Waals surface area contributed by atoms with Crippen LogP contribution in [0.15, 0.2) is 83.6 Å². The number of aryl methyl sites for hydroxylation is 1. The monoisotopic (exact) mass is 814 g/mol. The van der Waals surface area contributed by atoms with Gasteiger partial charge in [-0.15, -0.1) is 11.3 Å². The predicted octanol–water partition coefficient (Wildman–Crippen LogP) is 8.13. The first kappa shape index (κ1) is 41.3. The number of ether oxygens (including phenoxy) is 2. The summed E-state index contributed by atoms with van der Waals surface area (Å²) in [5.41, 5.74) is 4.59. The molecule has 290 valence electrons. The summed E-state index contributed by atoms with van der Waals surface area (Å²) in [7, 11) is -6.63. The molecule has 0 atom stereocenters. The first-order valence-electron chi connectivity index (χ1n) is 17.8. The Morgan fingerprint density at radius 3 is 2.24 bits per heavy atom. The van der Waals surface area contributed by atoms with E-state index in [9.17, 15) is 25.9 Å². The molecule has 1 aliphatic rings. The summed E-state index contributed by atoms with van der Waals surface area (Å²) in [5, 5.41) is 3.83. The second kappa shape index (κ2) is 18.2. The number of anilines is 1. The highest BCUT2D eigenvalue weighted by atomic mass is 32.2. The minimum absolute atomic E-state index is 0.181. The van der Waals surface area contributed by atoms with Crippen molar-refractivity contribution >= 4 is 75.0 Å². The van der Waals surface area contributed by atoms with Gasteiger partial charge in [-0.1, -0.05) is 68.5 Å². The van der Waals surface area contributed by atoms with Crippen LogP contribution in [0, 0.1) is 0 Å². The summed E-state index contributed by atoms with van der Waals surface area (Å²) in [6.07, 6.45) is 4.28. The SMILES string of the molecule is CCN(CC)CC.COc1cc2sc(/C=C(C)/C=C3\Oc4ccc(-c5ccccc5)cc4N3CCCS(=O)(=O)O)[n+](CCCS(=O)(=O)O)c2c2sccc12. The number of fused-ring (bicyclic) bond motifs is 4. The molecule has 5 aromatic rings. The van der Waals surface area contributed by atoms with Crippen LogP contribution in [0.3, 0.4) is 0 Å². The minimum atomic E-state index is -4.14. The molecule has 11 nitrogen and oxygen atoms in total. The molecule has 54 heavy (non-hydrogen) atoms. The molecule has 0 amide bonds. The van der Waals surface area contributed by atoms with Crippen LogP contribution >= 0.6 is 22.7 Å². The highest BCUT2D eigenvalue weighted by Gasteiger charge is 2.28. The number of hydrogen-bond acceptors (Lipinski definition) is 10. The van der Waals surface area contributed by atoms with Crippen LogP contribution in [-0.2, 0) is 26.8 Å². The topological polar surface area (TPSA) is 138 Å². The molecule has 3 heterocycles. The number of hydrogen-bond donors (Lipinski definition) is 2. The third-order valence-corrected chi connectivity index (χ3v) is 12.7. The zero-order chi connectivity index (χ0) is 39.0. The van der Waals surface area contributed by atoms with Gasteiger partial charge in [-0.2, -0.15) is 21.4 Å². The fourth-order valence-electron chi connectivity index (χ4n) is 6.33. The number of methoxy groups -OCH3 is 1. The normalized spacial score (nSPS) is 14.1. The van der Waals surface area contributed by atoms with Crippen molar-refractivity contribution < 1.29 is 40.0 Å². The van der Waals surface area contributed by atoms with Gasteiger partial charge in [0, 0.05) is 36.6 Å². The number of thiophene rings is 1. The molecule has 0 aliphatic carbocycles. The average Bonchev–Trinajstić information content (AvgIpc) is 3.84. The van der Waals surface area contributed by atoms with Gasteiger partial charge in [0.2, 0.25) is 11.4 Å². The average molecular weight is 815 g/mol. The summed E-state index contributed by atoms with van der Waals surface area (Å²) in [6.45, 7) is 12.7. The number of rotatable bonds is 15. The fraction of sp³-hybridized carbons (Fsp3) is 0.359. The number of aromatic nitrogens is 1. The van der Waals surface area contributed by atoms with Crippen molar-refractivity contribution in [2.24, 2.45) is 0 Å². The van der Waals surface area contributed by atoms with E-state index in [-0.39, 0.29) is 24.3 Å². The van der Waals surface area contributed by atoms with Gasteiger partial charge in [0.25, 0.3) is 25.2 Å². The Hall–Kier alpha value is -3.83. The number of benzene rings is 3. The number of allylic oxidation sites excluding steroid dienone is 2. The van der Waals surface area contributed by atoms with Crippen molar-refractivity contribution in [3.05, 3.63) is 88.6 Å². The van der Waals surface area contributed by atoms with Crippen LogP contribution in [0.2, 0.25) is 0 Å². The molecule has 6 rings (SSSR count). The second-order valence-corrected chi connectivity index (χ2v) is 17.9. The first-order chi connectivity index (χ1) is 25.7. The molecular weight excluding hydrogens is 767 g/mol. The van der Waals surface area contributed by atoms with E-state index < -0.39 is 20.2 Å². The highest BCUT2D eigenvalue weighted by molar-refractivity contribution is 7.86. The smallest absolute Gasteiger partial charge is 0.265 e. The molecular formula is C39H48N3O8S4+. The van der Waals surface area contributed by atoms with E-state index in [1.165, 1.54) is 19.6 Å². The maximum atomic E-state index is 11.5. The Morgan fingerprint density at radius 2 is 1.61 bits per heavy atom. The van der Waals surface area contributed by atoms with Crippen molar-refractivity contribution in [1.29, 1.82) is 0 Å². The lowest BCUT2D eigenvalue weighted by Gasteiger charge is -2.18. The molecule has 0 saturated heterocycles. The van der Waals surface area contributed by atoms with Crippen molar-refractivity contribution in [1.82, 2.24) is 4.90 Å². The predicted molar refractivity (Wildman–Crippen MR) is 221 cm³/mol. The molecule has 0 unspecified atom stereocenters. The van der Waals surface area contributed by atoms with E-state index >= 15 is 0 Å². The van der Waals surface area contributed by atoms with Crippen molar-refractivity contribution in [2.75, 3.05) is 49.7 Å². The minimum Gasteiger partial charge on any atom is -0.496 e. The molecule has 0 saturated carbocycles. The Kier molecular flexibility index (Phi) is 13.9. The van der Waals surface area contributed by atoms with Crippen LogP contribution in [0.4, 0.5) is 5.69 Å². The summed E-state index contributed by atoms with van der Waals surface area (Å²) in [5.74, 6) is 1.15. The molecule has 2 N–H and O–H groups in total. The van der Waals surface area contributed by atoms with Gasteiger partial charge in [-0.05, 0) is 73.3 Å². The lowest BCUT2D eigenvalue weighted by Crippen LogP contribution is -2.36. The molecule has 3 aromatic carbocycles. The van der Waals surface area contributed by atoms with Gasteiger partial charge in [0.05, 0.1) is 24.3 Å². The Bertz CT molecular complexity index is 2340. The van der Waals surface area contributed by atoms with Crippen LogP contribution in [0.25, 0.3) is 37.5 Å². The second-order valence-electron chi connectivity index (χ2n) is 12.8. The maximum Gasteiger partial charge on any atom is 0.265 e. The molecule has 0 bridgehead atoms. The number of thiazole rings is 1. The molecule has 2 aromatic heterocycles. The van der Waals surface area contributed by atoms with Gasteiger partial charge in [0.15, 0.2) is 12.3 Å². The van der Waals surface area contributed by atoms with Crippen molar-refractivity contribution in [2.45, 2.75) is 47.1 Å². The molecule has 1 aliphatic heterocycles. The summed E-state index contributed by atoms with van der Waals surface area (Å²) >= 11 is 3.12. The summed E-state index contributed by atoms with van der Waals surface area (Å²) in [4.78, 5) is 4.29. The van der Waals surface area contributed by atoms with E-state index in [4.69, 9.17) is 9.47 Å². The van der Waals surface area contributed by atoms with E-state index in [1.807, 2.05) is 90.0 Å². The van der Waals surface area contributed by atoms with E-state index in [1.54, 1.807) is 29.8 Å². The Labute approximate surface area is 326 Å². The van der Waals surface area contributed by atoms with Crippen LogP contribution in [0.5, 0.6) is 11.5 Å². The van der Waals surface area contributed by atoms with E-state index in [2.05, 4.69) is 30.2 Å². The summed E-state index contributed by atoms with van der Waals surface area (Å²) < 4.78 is 80.9. The van der Waals surface area contributed by atoms with Crippen LogP contribution in [-0.4, -0.2) is 75.6 Å².